The fraction of sp³-hybridized carbons (Fsp3) is 0.500. The number of rotatable bonds is 4. The van der Waals surface area contributed by atoms with Crippen molar-refractivity contribution in [1.82, 2.24) is 0 Å². The molecule has 1 saturated carbocycles. The molecular weight excluding hydrogens is 258 g/mol. The monoisotopic (exact) mass is 277 g/mol. The Labute approximate surface area is 118 Å². The third kappa shape index (κ3) is 2.80. The van der Waals surface area contributed by atoms with E-state index < -0.39 is 0 Å². The highest BCUT2D eigenvalue weighted by molar-refractivity contribution is 6.34. The smallest absolute Gasteiger partial charge is 0.152 e. The largest absolute Gasteiger partial charge is 0.458 e. The van der Waals surface area contributed by atoms with Gasteiger partial charge in [0, 0.05) is 5.39 Å². The Bertz CT molecular complexity index is 557. The number of hydrogen-bond acceptors (Lipinski definition) is 2. The Morgan fingerprint density at radius 1 is 1.32 bits per heavy atom. The quantitative estimate of drug-likeness (QED) is 0.849. The molecule has 3 heteroatoms. The van der Waals surface area contributed by atoms with Gasteiger partial charge in [0.1, 0.15) is 5.76 Å². The Morgan fingerprint density at radius 3 is 2.84 bits per heavy atom. The molecule has 1 aromatic carbocycles. The molecule has 0 amide bonds. The molecule has 2 N–H and O–H groups in total. The van der Waals surface area contributed by atoms with Crippen LogP contribution in [0.3, 0.4) is 0 Å². The lowest BCUT2D eigenvalue weighted by Gasteiger charge is -2.12. The van der Waals surface area contributed by atoms with Crippen LogP contribution in [0.2, 0.25) is 5.02 Å². The normalized spacial score (nSPS) is 18.2. The van der Waals surface area contributed by atoms with Gasteiger partial charge in [-0.1, -0.05) is 49.4 Å². The predicted molar refractivity (Wildman–Crippen MR) is 79.3 cm³/mol. The highest BCUT2D eigenvalue weighted by atomic mass is 35.5. The topological polar surface area (TPSA) is 39.2 Å². The highest BCUT2D eigenvalue weighted by Crippen LogP contribution is 2.33. The van der Waals surface area contributed by atoms with E-state index in [0.29, 0.717) is 5.02 Å². The Kier molecular flexibility index (Phi) is 3.81. The second-order valence-electron chi connectivity index (χ2n) is 5.64. The molecule has 1 heterocycles. The van der Waals surface area contributed by atoms with E-state index in [1.54, 1.807) is 0 Å². The lowest BCUT2D eigenvalue weighted by atomic mass is 9.98. The second-order valence-corrected chi connectivity index (χ2v) is 6.05. The average Bonchev–Trinajstić information content (AvgIpc) is 3.05. The van der Waals surface area contributed by atoms with Crippen LogP contribution in [-0.4, -0.2) is 0 Å². The Hall–Kier alpha value is -0.990. The number of hydrogen-bond donors (Lipinski definition) is 1. The summed E-state index contributed by atoms with van der Waals surface area (Å²) in [7, 11) is 0. The summed E-state index contributed by atoms with van der Waals surface area (Å²) >= 11 is 6.12. The summed E-state index contributed by atoms with van der Waals surface area (Å²) in [5.74, 6) is 1.74. The molecular formula is C16H20ClNO. The molecule has 1 aromatic heterocycles. The van der Waals surface area contributed by atoms with Crippen LogP contribution in [0.5, 0.6) is 0 Å². The van der Waals surface area contributed by atoms with Crippen LogP contribution in [0.4, 0.5) is 0 Å². The summed E-state index contributed by atoms with van der Waals surface area (Å²) in [6.45, 7) is 0. The van der Waals surface area contributed by atoms with Crippen molar-refractivity contribution >= 4 is 22.6 Å². The van der Waals surface area contributed by atoms with Crippen molar-refractivity contribution in [3.05, 3.63) is 35.0 Å². The van der Waals surface area contributed by atoms with Crippen molar-refractivity contribution in [3.63, 3.8) is 0 Å². The third-order valence-corrected chi connectivity index (χ3v) is 4.54. The minimum absolute atomic E-state index is 0.0101. The van der Waals surface area contributed by atoms with Crippen LogP contribution in [-0.2, 0) is 0 Å². The van der Waals surface area contributed by atoms with Gasteiger partial charge in [0.25, 0.3) is 0 Å². The van der Waals surface area contributed by atoms with Crippen LogP contribution in [0, 0.1) is 5.92 Å². The molecule has 0 radical (unpaired) electrons. The predicted octanol–water partition coefficient (Wildman–Crippen LogP) is 5.06. The van der Waals surface area contributed by atoms with Gasteiger partial charge in [-0.2, -0.15) is 0 Å². The number of halogens is 1. The molecule has 1 unspecified atom stereocenters. The SMILES string of the molecule is NC(CCC1CCCC1)c1cc2cccc(Cl)c2o1. The van der Waals surface area contributed by atoms with Crippen molar-refractivity contribution < 1.29 is 4.42 Å². The lowest BCUT2D eigenvalue weighted by Crippen LogP contribution is -2.10. The van der Waals surface area contributed by atoms with E-state index in [1.165, 1.54) is 32.1 Å². The number of benzene rings is 1. The number of fused-ring (bicyclic) bond motifs is 1. The molecule has 19 heavy (non-hydrogen) atoms. The van der Waals surface area contributed by atoms with Gasteiger partial charge in [-0.25, -0.2) is 0 Å². The molecule has 0 saturated heterocycles. The van der Waals surface area contributed by atoms with E-state index in [2.05, 4.69) is 0 Å². The first-order valence-corrected chi connectivity index (χ1v) is 7.55. The zero-order valence-electron chi connectivity index (χ0n) is 11.1. The van der Waals surface area contributed by atoms with Crippen molar-refractivity contribution in [2.75, 3.05) is 0 Å². The molecule has 1 aliphatic rings. The van der Waals surface area contributed by atoms with Crippen molar-refractivity contribution in [1.29, 1.82) is 0 Å². The van der Waals surface area contributed by atoms with Crippen LogP contribution >= 0.6 is 11.6 Å². The van der Waals surface area contributed by atoms with E-state index in [4.69, 9.17) is 21.8 Å². The molecule has 0 bridgehead atoms. The van der Waals surface area contributed by atoms with Crippen molar-refractivity contribution in [3.8, 4) is 0 Å². The first-order chi connectivity index (χ1) is 9.24. The van der Waals surface area contributed by atoms with Gasteiger partial charge in [0.05, 0.1) is 11.1 Å². The summed E-state index contributed by atoms with van der Waals surface area (Å²) < 4.78 is 5.82. The summed E-state index contributed by atoms with van der Waals surface area (Å²) in [5, 5.41) is 1.70. The van der Waals surface area contributed by atoms with Gasteiger partial charge in [0.15, 0.2) is 5.58 Å². The molecule has 2 nitrogen and oxygen atoms in total. The molecule has 0 spiro atoms. The van der Waals surface area contributed by atoms with Crippen LogP contribution < -0.4 is 5.73 Å². The van der Waals surface area contributed by atoms with Gasteiger partial charge in [0.2, 0.25) is 0 Å². The Balaban J connectivity index is 1.70. The maximum atomic E-state index is 6.25. The molecule has 1 aliphatic carbocycles. The number of furan rings is 1. The van der Waals surface area contributed by atoms with Crippen LogP contribution in [0.25, 0.3) is 11.0 Å². The summed E-state index contributed by atoms with van der Waals surface area (Å²) in [4.78, 5) is 0. The minimum Gasteiger partial charge on any atom is -0.458 e. The van der Waals surface area contributed by atoms with Crippen molar-refractivity contribution in [2.24, 2.45) is 11.7 Å². The zero-order valence-corrected chi connectivity index (χ0v) is 11.8. The van der Waals surface area contributed by atoms with Gasteiger partial charge in [-0.3, -0.25) is 0 Å². The average molecular weight is 278 g/mol. The fourth-order valence-corrected chi connectivity index (χ4v) is 3.31. The third-order valence-electron chi connectivity index (χ3n) is 4.24. The standard InChI is InChI=1S/C16H20ClNO/c17-13-7-3-6-12-10-15(19-16(12)13)14(18)9-8-11-4-1-2-5-11/h3,6-7,10-11,14H,1-2,4-5,8-9,18H2. The van der Waals surface area contributed by atoms with E-state index >= 15 is 0 Å². The fourth-order valence-electron chi connectivity index (χ4n) is 3.09. The highest BCUT2D eigenvalue weighted by Gasteiger charge is 2.18. The number of para-hydroxylation sites is 1. The maximum Gasteiger partial charge on any atom is 0.152 e. The molecule has 0 aliphatic heterocycles. The summed E-state index contributed by atoms with van der Waals surface area (Å²) in [6.07, 6.45) is 7.74. The lowest BCUT2D eigenvalue weighted by molar-refractivity contribution is 0.415. The van der Waals surface area contributed by atoms with Gasteiger partial charge in [-0.05, 0) is 30.9 Å². The van der Waals surface area contributed by atoms with E-state index in [9.17, 15) is 0 Å². The van der Waals surface area contributed by atoms with Gasteiger partial charge >= 0.3 is 0 Å². The zero-order chi connectivity index (χ0) is 13.2. The summed E-state index contributed by atoms with van der Waals surface area (Å²) in [5.41, 5.74) is 7.01. The molecule has 2 aromatic rings. The molecule has 3 rings (SSSR count). The number of nitrogens with two attached hydrogens (primary N) is 1. The van der Waals surface area contributed by atoms with Crippen molar-refractivity contribution in [2.45, 2.75) is 44.6 Å². The van der Waals surface area contributed by atoms with Gasteiger partial charge in [-0.15, -0.1) is 0 Å². The van der Waals surface area contributed by atoms with Crippen LogP contribution in [0.15, 0.2) is 28.7 Å². The molecule has 1 fully saturated rings. The minimum atomic E-state index is -0.0101. The molecule has 102 valence electrons. The Morgan fingerprint density at radius 2 is 2.11 bits per heavy atom. The first kappa shape index (κ1) is 13.0. The molecule has 1 atom stereocenters. The maximum absolute atomic E-state index is 6.25. The second kappa shape index (κ2) is 5.56. The van der Waals surface area contributed by atoms with E-state index in [1.807, 2.05) is 24.3 Å². The van der Waals surface area contributed by atoms with E-state index in [0.717, 1.165) is 29.1 Å². The van der Waals surface area contributed by atoms with E-state index in [-0.39, 0.29) is 6.04 Å². The van der Waals surface area contributed by atoms with Crippen LogP contribution in [0.1, 0.15) is 50.3 Å². The first-order valence-electron chi connectivity index (χ1n) is 7.17. The van der Waals surface area contributed by atoms with Gasteiger partial charge < -0.3 is 10.2 Å². The summed E-state index contributed by atoms with van der Waals surface area (Å²) in [6, 6.07) is 7.82.